The quantitative estimate of drug-likeness (QED) is 0.832. The molecule has 2 fully saturated rings. The summed E-state index contributed by atoms with van der Waals surface area (Å²) in [5.74, 6) is -1.35. The lowest BCUT2D eigenvalue weighted by Crippen LogP contribution is -2.43. The van der Waals surface area contributed by atoms with Crippen molar-refractivity contribution in [2.75, 3.05) is 32.8 Å². The van der Waals surface area contributed by atoms with Gasteiger partial charge in [-0.1, -0.05) is 0 Å². The van der Waals surface area contributed by atoms with Crippen LogP contribution in [0.4, 0.5) is 13.2 Å². The van der Waals surface area contributed by atoms with Gasteiger partial charge in [-0.3, -0.25) is 9.59 Å². The van der Waals surface area contributed by atoms with Gasteiger partial charge in [0, 0.05) is 32.7 Å². The molecule has 2 amide bonds. The van der Waals surface area contributed by atoms with E-state index in [-0.39, 0.29) is 31.4 Å². The number of carbonyl (C=O) groups excluding carboxylic acids is 2. The van der Waals surface area contributed by atoms with Crippen molar-refractivity contribution in [3.63, 3.8) is 0 Å². The maximum atomic E-state index is 12.3. The van der Waals surface area contributed by atoms with Gasteiger partial charge in [0.2, 0.25) is 11.8 Å². The van der Waals surface area contributed by atoms with Crippen LogP contribution in [0.1, 0.15) is 19.3 Å². The number of aliphatic hydroxyl groups is 1. The molecule has 1 N–H and O–H groups in total. The fraction of sp³-hybridized carbons (Fsp3) is 0.846. The molecule has 1 unspecified atom stereocenters. The Balaban J connectivity index is 1.88. The van der Waals surface area contributed by atoms with Crippen LogP contribution in [0.3, 0.4) is 0 Å². The first-order chi connectivity index (χ1) is 9.80. The molecule has 120 valence electrons. The van der Waals surface area contributed by atoms with Crippen molar-refractivity contribution >= 4 is 11.8 Å². The van der Waals surface area contributed by atoms with Crippen molar-refractivity contribution in [2.24, 2.45) is 11.8 Å². The first kappa shape index (κ1) is 16.1. The molecular formula is C13H19F3N2O3. The molecule has 0 saturated carbocycles. The fourth-order valence-corrected chi connectivity index (χ4v) is 2.90. The van der Waals surface area contributed by atoms with Gasteiger partial charge in [-0.15, -0.1) is 0 Å². The van der Waals surface area contributed by atoms with E-state index >= 15 is 0 Å². The van der Waals surface area contributed by atoms with Crippen LogP contribution in [-0.2, 0) is 9.59 Å². The molecule has 2 saturated heterocycles. The number of nitrogens with zero attached hydrogens (tertiary/aromatic N) is 2. The van der Waals surface area contributed by atoms with Crippen molar-refractivity contribution in [3.8, 4) is 0 Å². The van der Waals surface area contributed by atoms with E-state index in [9.17, 15) is 22.8 Å². The Morgan fingerprint density at radius 1 is 1.29 bits per heavy atom. The maximum Gasteiger partial charge on any atom is 0.406 e. The van der Waals surface area contributed by atoms with Crippen LogP contribution in [0.25, 0.3) is 0 Å². The Morgan fingerprint density at radius 2 is 1.90 bits per heavy atom. The lowest BCUT2D eigenvalue weighted by molar-refractivity contribution is -0.157. The number of rotatable bonds is 3. The fourth-order valence-electron chi connectivity index (χ4n) is 2.90. The monoisotopic (exact) mass is 308 g/mol. The van der Waals surface area contributed by atoms with E-state index in [4.69, 9.17) is 5.11 Å². The molecule has 0 aromatic rings. The molecule has 0 aromatic heterocycles. The van der Waals surface area contributed by atoms with Gasteiger partial charge in [-0.2, -0.15) is 13.2 Å². The second-order valence-corrected chi connectivity index (χ2v) is 5.74. The Morgan fingerprint density at radius 3 is 2.43 bits per heavy atom. The second kappa shape index (κ2) is 6.21. The standard InChI is InChI=1S/C13H19F3N2O3/c14-13(15,16)8-18-6-10(5-11(18)20)12(21)17-3-1-9(7-19)2-4-17/h9-10,19H,1-8H2. The minimum atomic E-state index is -4.44. The first-order valence-electron chi connectivity index (χ1n) is 7.04. The number of piperidine rings is 1. The van der Waals surface area contributed by atoms with Crippen LogP contribution in [0.15, 0.2) is 0 Å². The largest absolute Gasteiger partial charge is 0.406 e. The molecule has 0 spiro atoms. The number of aliphatic hydroxyl groups excluding tert-OH is 1. The van der Waals surface area contributed by atoms with Crippen molar-refractivity contribution in [3.05, 3.63) is 0 Å². The highest BCUT2D eigenvalue weighted by Crippen LogP contribution is 2.26. The van der Waals surface area contributed by atoms with Gasteiger partial charge < -0.3 is 14.9 Å². The summed E-state index contributed by atoms with van der Waals surface area (Å²) in [6.07, 6.45) is -3.20. The van der Waals surface area contributed by atoms with E-state index in [0.29, 0.717) is 30.8 Å². The van der Waals surface area contributed by atoms with Crippen LogP contribution in [0.2, 0.25) is 0 Å². The van der Waals surface area contributed by atoms with Crippen molar-refractivity contribution in [1.29, 1.82) is 0 Å². The molecule has 2 heterocycles. The van der Waals surface area contributed by atoms with Crippen molar-refractivity contribution in [2.45, 2.75) is 25.4 Å². The number of carbonyl (C=O) groups is 2. The predicted octanol–water partition coefficient (Wildman–Crippen LogP) is 0.628. The number of alkyl halides is 3. The van der Waals surface area contributed by atoms with Crippen molar-refractivity contribution in [1.82, 2.24) is 9.80 Å². The Hall–Kier alpha value is -1.31. The van der Waals surface area contributed by atoms with Crippen LogP contribution in [0, 0.1) is 11.8 Å². The average molecular weight is 308 g/mol. The average Bonchev–Trinajstić information content (AvgIpc) is 2.77. The maximum absolute atomic E-state index is 12.3. The number of amides is 2. The van der Waals surface area contributed by atoms with E-state index in [0.717, 1.165) is 0 Å². The normalized spacial score (nSPS) is 24.8. The highest BCUT2D eigenvalue weighted by Gasteiger charge is 2.41. The van der Waals surface area contributed by atoms with Gasteiger partial charge in [0.1, 0.15) is 6.54 Å². The third-order valence-corrected chi connectivity index (χ3v) is 4.12. The Bertz CT molecular complexity index is 406. The summed E-state index contributed by atoms with van der Waals surface area (Å²) >= 11 is 0. The minimum absolute atomic E-state index is 0.0866. The zero-order valence-electron chi connectivity index (χ0n) is 11.6. The lowest BCUT2D eigenvalue weighted by atomic mass is 9.96. The number of likely N-dealkylation sites (tertiary alicyclic amines) is 2. The van der Waals surface area contributed by atoms with Crippen molar-refractivity contribution < 1.29 is 27.9 Å². The highest BCUT2D eigenvalue weighted by molar-refractivity contribution is 5.89. The highest BCUT2D eigenvalue weighted by atomic mass is 19.4. The van der Waals surface area contributed by atoms with Gasteiger partial charge in [0.05, 0.1) is 5.92 Å². The molecule has 0 bridgehead atoms. The molecule has 5 nitrogen and oxygen atoms in total. The summed E-state index contributed by atoms with van der Waals surface area (Å²) in [6.45, 7) is -0.370. The smallest absolute Gasteiger partial charge is 0.396 e. The zero-order valence-corrected chi connectivity index (χ0v) is 11.6. The lowest BCUT2D eigenvalue weighted by Gasteiger charge is -2.32. The second-order valence-electron chi connectivity index (χ2n) is 5.74. The van der Waals surface area contributed by atoms with E-state index in [2.05, 4.69) is 0 Å². The van der Waals surface area contributed by atoms with E-state index in [1.807, 2.05) is 0 Å². The molecule has 1 atom stereocenters. The SMILES string of the molecule is O=C1CC(C(=O)N2CCC(CO)CC2)CN1CC(F)(F)F. The summed E-state index contributed by atoms with van der Waals surface area (Å²) in [5, 5.41) is 9.04. The summed E-state index contributed by atoms with van der Waals surface area (Å²) in [6, 6.07) is 0. The zero-order chi connectivity index (χ0) is 15.6. The third kappa shape index (κ3) is 4.09. The predicted molar refractivity (Wildman–Crippen MR) is 67.1 cm³/mol. The molecule has 2 aliphatic heterocycles. The van der Waals surface area contributed by atoms with Gasteiger partial charge in [-0.05, 0) is 18.8 Å². The third-order valence-electron chi connectivity index (χ3n) is 4.12. The van der Waals surface area contributed by atoms with Gasteiger partial charge >= 0.3 is 6.18 Å². The number of halogens is 3. The molecule has 21 heavy (non-hydrogen) atoms. The van der Waals surface area contributed by atoms with E-state index in [1.54, 1.807) is 4.90 Å². The summed E-state index contributed by atoms with van der Waals surface area (Å²) in [5.41, 5.74) is 0. The molecule has 0 aliphatic carbocycles. The Labute approximate surface area is 120 Å². The summed E-state index contributed by atoms with van der Waals surface area (Å²) in [7, 11) is 0. The molecule has 8 heteroatoms. The number of hydrogen-bond acceptors (Lipinski definition) is 3. The molecule has 0 aromatic carbocycles. The van der Waals surface area contributed by atoms with E-state index < -0.39 is 24.5 Å². The van der Waals surface area contributed by atoms with Crippen LogP contribution in [-0.4, -0.2) is 65.7 Å². The topological polar surface area (TPSA) is 60.9 Å². The number of hydrogen-bond donors (Lipinski definition) is 1. The molecule has 2 aliphatic rings. The summed E-state index contributed by atoms with van der Waals surface area (Å²) < 4.78 is 37.0. The molecule has 0 radical (unpaired) electrons. The van der Waals surface area contributed by atoms with E-state index in [1.165, 1.54) is 0 Å². The van der Waals surface area contributed by atoms with Crippen LogP contribution >= 0.6 is 0 Å². The molecule has 2 rings (SSSR count). The van der Waals surface area contributed by atoms with Crippen LogP contribution in [0.5, 0.6) is 0 Å². The van der Waals surface area contributed by atoms with Gasteiger partial charge in [-0.25, -0.2) is 0 Å². The van der Waals surface area contributed by atoms with Crippen LogP contribution < -0.4 is 0 Å². The summed E-state index contributed by atoms with van der Waals surface area (Å²) in [4.78, 5) is 26.1. The molecular weight excluding hydrogens is 289 g/mol. The first-order valence-corrected chi connectivity index (χ1v) is 7.04. The Kier molecular flexibility index (Phi) is 4.75. The van der Waals surface area contributed by atoms with Gasteiger partial charge in [0.25, 0.3) is 0 Å². The van der Waals surface area contributed by atoms with Gasteiger partial charge in [0.15, 0.2) is 0 Å². The minimum Gasteiger partial charge on any atom is -0.396 e.